The van der Waals surface area contributed by atoms with Gasteiger partial charge in [-0.15, -0.1) is 9.90 Å². The van der Waals surface area contributed by atoms with Gasteiger partial charge in [-0.05, 0) is 26.0 Å². The van der Waals surface area contributed by atoms with Crippen molar-refractivity contribution < 1.29 is 9.53 Å². The zero-order valence-corrected chi connectivity index (χ0v) is 9.62. The molecule has 0 unspecified atom stereocenters. The number of nitrogens with zero attached hydrogens (tertiary/aromatic N) is 4. The summed E-state index contributed by atoms with van der Waals surface area (Å²) in [6.45, 7) is 3.95. The largest absolute Gasteiger partial charge is 0.461 e. The highest BCUT2D eigenvalue weighted by Crippen LogP contribution is 2.05. The van der Waals surface area contributed by atoms with Crippen LogP contribution in [0.15, 0.2) is 24.5 Å². The zero-order valence-electron chi connectivity index (χ0n) is 9.62. The molecular weight excluding hydrogens is 220 g/mol. The van der Waals surface area contributed by atoms with Crippen LogP contribution in [-0.4, -0.2) is 32.6 Å². The number of hydrogen-bond donors (Lipinski definition) is 0. The second-order valence-corrected chi connectivity index (χ2v) is 3.40. The summed E-state index contributed by atoms with van der Waals surface area (Å²) in [6, 6.07) is 3.68. The van der Waals surface area contributed by atoms with E-state index in [2.05, 4.69) is 15.2 Å². The first-order valence-electron chi connectivity index (χ1n) is 5.23. The lowest BCUT2D eigenvalue weighted by molar-refractivity contribution is 0.0519. The van der Waals surface area contributed by atoms with Crippen molar-refractivity contribution in [2.45, 2.75) is 13.8 Å². The van der Waals surface area contributed by atoms with E-state index in [4.69, 9.17) is 4.74 Å². The molecule has 0 aliphatic rings. The van der Waals surface area contributed by atoms with Crippen LogP contribution in [0.2, 0.25) is 0 Å². The average molecular weight is 232 g/mol. The van der Waals surface area contributed by atoms with Crippen molar-refractivity contribution in [3.05, 3.63) is 35.9 Å². The second kappa shape index (κ2) is 4.73. The quantitative estimate of drug-likeness (QED) is 0.742. The van der Waals surface area contributed by atoms with Crippen LogP contribution in [0.3, 0.4) is 0 Å². The van der Waals surface area contributed by atoms with E-state index < -0.39 is 5.97 Å². The summed E-state index contributed by atoms with van der Waals surface area (Å²) in [4.78, 5) is 16.9. The minimum atomic E-state index is -0.473. The third kappa shape index (κ3) is 2.47. The summed E-state index contributed by atoms with van der Waals surface area (Å²) in [7, 11) is 0. The molecule has 0 N–H and O–H groups in total. The third-order valence-electron chi connectivity index (χ3n) is 2.10. The topological polar surface area (TPSA) is 69.9 Å². The van der Waals surface area contributed by atoms with Gasteiger partial charge >= 0.3 is 5.97 Å². The fourth-order valence-electron chi connectivity index (χ4n) is 1.26. The molecule has 0 amide bonds. The first kappa shape index (κ1) is 11.3. The van der Waals surface area contributed by atoms with Crippen LogP contribution < -0.4 is 0 Å². The smallest absolute Gasteiger partial charge is 0.360 e. The predicted octanol–water partition coefficient (Wildman–Crippen LogP) is 1.15. The molecule has 0 radical (unpaired) electrons. The second-order valence-electron chi connectivity index (χ2n) is 3.40. The van der Waals surface area contributed by atoms with Crippen molar-refractivity contribution in [2.75, 3.05) is 6.61 Å². The van der Waals surface area contributed by atoms with Crippen molar-refractivity contribution in [2.24, 2.45) is 0 Å². The summed E-state index contributed by atoms with van der Waals surface area (Å²) in [5.41, 5.74) is 1.80. The number of aryl methyl sites for hydroxylation is 1. The number of hydrogen-bond acceptors (Lipinski definition) is 5. The molecular formula is C11H12N4O2. The van der Waals surface area contributed by atoms with E-state index in [1.165, 1.54) is 11.0 Å². The normalized spacial score (nSPS) is 10.2. The van der Waals surface area contributed by atoms with E-state index >= 15 is 0 Å². The molecule has 88 valence electrons. The van der Waals surface area contributed by atoms with E-state index in [-0.39, 0.29) is 5.69 Å². The van der Waals surface area contributed by atoms with Gasteiger partial charge in [0.05, 0.1) is 19.0 Å². The fourth-order valence-corrected chi connectivity index (χ4v) is 1.26. The number of rotatable bonds is 3. The molecule has 6 nitrogen and oxygen atoms in total. The van der Waals surface area contributed by atoms with Crippen LogP contribution in [0.25, 0.3) is 5.69 Å². The lowest BCUT2D eigenvalue weighted by Crippen LogP contribution is -2.07. The van der Waals surface area contributed by atoms with Gasteiger partial charge in [-0.2, -0.15) is 5.10 Å². The van der Waals surface area contributed by atoms with Gasteiger partial charge in [0, 0.05) is 5.69 Å². The van der Waals surface area contributed by atoms with Crippen molar-refractivity contribution in [1.29, 1.82) is 0 Å². The van der Waals surface area contributed by atoms with Crippen molar-refractivity contribution >= 4 is 5.97 Å². The van der Waals surface area contributed by atoms with Gasteiger partial charge in [0.2, 0.25) is 0 Å². The maximum absolute atomic E-state index is 11.4. The summed E-state index contributed by atoms with van der Waals surface area (Å²) in [6.07, 6.45) is 3.02. The number of aromatic nitrogens is 4. The van der Waals surface area contributed by atoms with E-state index in [9.17, 15) is 4.79 Å². The molecule has 0 fully saturated rings. The zero-order chi connectivity index (χ0) is 12.3. The molecule has 0 spiro atoms. The molecule has 0 bridgehead atoms. The summed E-state index contributed by atoms with van der Waals surface area (Å²) in [5, 5.41) is 8.00. The average Bonchev–Trinajstić information content (AvgIpc) is 2.80. The molecule has 2 aromatic heterocycles. The van der Waals surface area contributed by atoms with Crippen LogP contribution in [0, 0.1) is 6.92 Å². The number of ether oxygens (including phenoxy) is 1. The van der Waals surface area contributed by atoms with E-state index in [1.54, 1.807) is 13.1 Å². The van der Waals surface area contributed by atoms with E-state index in [0.717, 1.165) is 5.69 Å². The minimum Gasteiger partial charge on any atom is -0.461 e. The highest BCUT2D eigenvalue weighted by molar-refractivity contribution is 5.86. The number of esters is 1. The lowest BCUT2D eigenvalue weighted by Gasteiger charge is -1.99. The first-order chi connectivity index (χ1) is 8.20. The van der Waals surface area contributed by atoms with Gasteiger partial charge in [0.25, 0.3) is 0 Å². The van der Waals surface area contributed by atoms with Crippen molar-refractivity contribution in [1.82, 2.24) is 20.0 Å². The van der Waals surface area contributed by atoms with Gasteiger partial charge in [-0.3, -0.25) is 4.98 Å². The highest BCUT2D eigenvalue weighted by Gasteiger charge is 2.12. The Balaban J connectivity index is 2.23. The minimum absolute atomic E-state index is 0.187. The van der Waals surface area contributed by atoms with Gasteiger partial charge in [0.15, 0.2) is 5.69 Å². The first-order valence-corrected chi connectivity index (χ1v) is 5.23. The van der Waals surface area contributed by atoms with E-state index in [1.807, 2.05) is 19.1 Å². The molecule has 2 rings (SSSR count). The van der Waals surface area contributed by atoms with Gasteiger partial charge < -0.3 is 4.74 Å². The van der Waals surface area contributed by atoms with Crippen LogP contribution in [-0.2, 0) is 4.74 Å². The van der Waals surface area contributed by atoms with Crippen LogP contribution in [0.1, 0.15) is 23.1 Å². The van der Waals surface area contributed by atoms with Crippen LogP contribution in [0.5, 0.6) is 0 Å². The number of carbonyl (C=O) groups is 1. The van der Waals surface area contributed by atoms with Crippen LogP contribution in [0.4, 0.5) is 0 Å². The molecule has 0 saturated heterocycles. The molecule has 2 aromatic rings. The Bertz CT molecular complexity index is 519. The summed E-state index contributed by atoms with van der Waals surface area (Å²) in [5.74, 6) is -0.473. The predicted molar refractivity (Wildman–Crippen MR) is 59.8 cm³/mol. The van der Waals surface area contributed by atoms with Crippen LogP contribution >= 0.6 is 0 Å². The maximum Gasteiger partial charge on any atom is 0.360 e. The van der Waals surface area contributed by atoms with Crippen molar-refractivity contribution in [3.8, 4) is 5.69 Å². The number of pyridine rings is 1. The lowest BCUT2D eigenvalue weighted by atomic mass is 10.3. The molecule has 6 heteroatoms. The summed E-state index contributed by atoms with van der Waals surface area (Å²) >= 11 is 0. The Kier molecular flexibility index (Phi) is 3.13. The molecule has 2 heterocycles. The molecule has 0 aliphatic heterocycles. The van der Waals surface area contributed by atoms with Gasteiger partial charge in [-0.25, -0.2) is 4.79 Å². The number of carbonyl (C=O) groups excluding carboxylic acids is 1. The monoisotopic (exact) mass is 232 g/mol. The molecule has 0 aromatic carbocycles. The standard InChI is InChI=1S/C11H12N4O2/c1-3-17-11(16)10-7-13-15(14-10)9-5-4-8(2)12-6-9/h4-7H,3H2,1-2H3. The molecule has 0 aliphatic carbocycles. The fraction of sp³-hybridized carbons (Fsp3) is 0.273. The Morgan fingerprint density at radius 3 is 2.88 bits per heavy atom. The Hall–Kier alpha value is -2.24. The maximum atomic E-state index is 11.4. The summed E-state index contributed by atoms with van der Waals surface area (Å²) < 4.78 is 4.83. The highest BCUT2D eigenvalue weighted by atomic mass is 16.5. The molecule has 0 saturated carbocycles. The molecule has 0 atom stereocenters. The molecule has 17 heavy (non-hydrogen) atoms. The van der Waals surface area contributed by atoms with Crippen molar-refractivity contribution in [3.63, 3.8) is 0 Å². The Morgan fingerprint density at radius 1 is 1.41 bits per heavy atom. The third-order valence-corrected chi connectivity index (χ3v) is 2.10. The SMILES string of the molecule is CCOC(=O)c1cnn(-c2ccc(C)nc2)n1. The van der Waals surface area contributed by atoms with Gasteiger partial charge in [-0.1, -0.05) is 0 Å². The Morgan fingerprint density at radius 2 is 2.24 bits per heavy atom. The van der Waals surface area contributed by atoms with E-state index in [0.29, 0.717) is 12.3 Å². The van der Waals surface area contributed by atoms with Gasteiger partial charge in [0.1, 0.15) is 5.69 Å². The Labute approximate surface area is 98.2 Å².